The van der Waals surface area contributed by atoms with Crippen LogP contribution in [-0.4, -0.2) is 9.97 Å². The van der Waals surface area contributed by atoms with Gasteiger partial charge in [-0.15, -0.1) is 0 Å². The zero-order valence-corrected chi connectivity index (χ0v) is 12.6. The van der Waals surface area contributed by atoms with Gasteiger partial charge in [-0.1, -0.05) is 50.2 Å². The van der Waals surface area contributed by atoms with E-state index in [2.05, 4.69) is 48.1 Å². The third-order valence-corrected chi connectivity index (χ3v) is 3.80. The topological polar surface area (TPSA) is 51.8 Å². The lowest BCUT2D eigenvalue weighted by atomic mass is 10.0. The monoisotopic (exact) mass is 277 g/mol. The second-order valence-corrected chi connectivity index (χ2v) is 5.68. The van der Waals surface area contributed by atoms with Crippen molar-refractivity contribution in [1.29, 1.82) is 0 Å². The van der Waals surface area contributed by atoms with Gasteiger partial charge in [0.15, 0.2) is 5.82 Å². The highest BCUT2D eigenvalue weighted by atomic mass is 14.9. The predicted molar refractivity (Wildman–Crippen MR) is 88.2 cm³/mol. The largest absolute Gasteiger partial charge is 0.383 e. The minimum Gasteiger partial charge on any atom is -0.383 e. The Morgan fingerprint density at radius 3 is 2.33 bits per heavy atom. The number of nitrogens with two attached hydrogens (primary N) is 1. The number of nitrogen functional groups attached to an aromatic ring is 1. The maximum atomic E-state index is 6.12. The highest BCUT2D eigenvalue weighted by Gasteiger charge is 2.09. The molecule has 3 rings (SSSR count). The lowest BCUT2D eigenvalue weighted by Crippen LogP contribution is -1.99. The molecule has 1 aromatic heterocycles. The molecule has 0 unspecified atom stereocenters. The van der Waals surface area contributed by atoms with Gasteiger partial charge in [0.05, 0.1) is 5.52 Å². The first-order chi connectivity index (χ1) is 10.1. The van der Waals surface area contributed by atoms with E-state index in [4.69, 9.17) is 5.73 Å². The molecule has 0 saturated heterocycles. The molecule has 0 atom stereocenters. The van der Waals surface area contributed by atoms with Crippen LogP contribution in [0.25, 0.3) is 22.3 Å². The number of anilines is 1. The molecule has 0 amide bonds. The van der Waals surface area contributed by atoms with E-state index in [9.17, 15) is 0 Å². The molecule has 0 spiro atoms. The van der Waals surface area contributed by atoms with Crippen LogP contribution in [0.4, 0.5) is 5.82 Å². The van der Waals surface area contributed by atoms with Gasteiger partial charge in [0, 0.05) is 10.9 Å². The molecular weight excluding hydrogens is 258 g/mol. The Balaban J connectivity index is 2.13. The summed E-state index contributed by atoms with van der Waals surface area (Å²) in [5, 5.41) is 0.944. The van der Waals surface area contributed by atoms with E-state index in [0.29, 0.717) is 17.6 Å². The fourth-order valence-electron chi connectivity index (χ4n) is 2.53. The Morgan fingerprint density at radius 1 is 0.952 bits per heavy atom. The lowest BCUT2D eigenvalue weighted by Gasteiger charge is -2.09. The summed E-state index contributed by atoms with van der Waals surface area (Å²) in [6, 6.07) is 14.4. The second-order valence-electron chi connectivity index (χ2n) is 5.68. The molecule has 0 aliphatic heterocycles. The normalized spacial score (nSPS) is 11.2. The molecule has 106 valence electrons. The van der Waals surface area contributed by atoms with Crippen LogP contribution < -0.4 is 5.73 Å². The molecule has 0 fully saturated rings. The fraction of sp³-hybridized carbons (Fsp3) is 0.222. The first-order valence-corrected chi connectivity index (χ1v) is 7.19. The van der Waals surface area contributed by atoms with Crippen molar-refractivity contribution in [2.45, 2.75) is 26.7 Å². The van der Waals surface area contributed by atoms with Crippen molar-refractivity contribution in [3.63, 3.8) is 0 Å². The quantitative estimate of drug-likeness (QED) is 0.759. The van der Waals surface area contributed by atoms with E-state index in [0.717, 1.165) is 22.0 Å². The number of rotatable bonds is 2. The van der Waals surface area contributed by atoms with Crippen LogP contribution in [-0.2, 0) is 0 Å². The Labute approximate surface area is 124 Å². The van der Waals surface area contributed by atoms with Gasteiger partial charge in [-0.3, -0.25) is 0 Å². The van der Waals surface area contributed by atoms with Gasteiger partial charge in [-0.05, 0) is 30.0 Å². The predicted octanol–water partition coefficient (Wildman–Crippen LogP) is 4.31. The maximum absolute atomic E-state index is 6.12. The Bertz CT molecular complexity index is 789. The molecule has 2 aromatic carbocycles. The Hall–Kier alpha value is -2.42. The van der Waals surface area contributed by atoms with Crippen LogP contribution in [0.3, 0.4) is 0 Å². The molecule has 3 aromatic rings. The average Bonchev–Trinajstić information content (AvgIpc) is 2.47. The zero-order chi connectivity index (χ0) is 15.0. The Morgan fingerprint density at radius 2 is 1.67 bits per heavy atom. The summed E-state index contributed by atoms with van der Waals surface area (Å²) in [6.07, 6.45) is 0. The molecule has 1 heterocycles. The molecule has 0 bridgehead atoms. The van der Waals surface area contributed by atoms with Crippen LogP contribution in [0.15, 0.2) is 42.5 Å². The van der Waals surface area contributed by atoms with Crippen molar-refractivity contribution >= 4 is 16.7 Å². The highest BCUT2D eigenvalue weighted by Crippen LogP contribution is 2.26. The highest BCUT2D eigenvalue weighted by molar-refractivity contribution is 5.92. The first-order valence-electron chi connectivity index (χ1n) is 7.19. The smallest absolute Gasteiger partial charge is 0.162 e. The molecule has 3 nitrogen and oxygen atoms in total. The summed E-state index contributed by atoms with van der Waals surface area (Å²) >= 11 is 0. The zero-order valence-electron chi connectivity index (χ0n) is 12.6. The Kier molecular flexibility index (Phi) is 3.34. The lowest BCUT2D eigenvalue weighted by molar-refractivity contribution is 0.867. The minimum absolute atomic E-state index is 0.518. The molecular formula is C18H19N3. The van der Waals surface area contributed by atoms with Crippen molar-refractivity contribution in [3.8, 4) is 11.4 Å². The van der Waals surface area contributed by atoms with Crippen molar-refractivity contribution in [2.24, 2.45) is 0 Å². The van der Waals surface area contributed by atoms with Gasteiger partial charge < -0.3 is 5.73 Å². The van der Waals surface area contributed by atoms with Crippen molar-refractivity contribution in [2.75, 3.05) is 5.73 Å². The van der Waals surface area contributed by atoms with Crippen LogP contribution in [0.1, 0.15) is 30.9 Å². The van der Waals surface area contributed by atoms with Gasteiger partial charge >= 0.3 is 0 Å². The van der Waals surface area contributed by atoms with E-state index in [-0.39, 0.29) is 0 Å². The van der Waals surface area contributed by atoms with Gasteiger partial charge in [0.1, 0.15) is 5.82 Å². The number of aromatic nitrogens is 2. The van der Waals surface area contributed by atoms with E-state index in [1.54, 1.807) is 0 Å². The summed E-state index contributed by atoms with van der Waals surface area (Å²) in [7, 11) is 0. The van der Waals surface area contributed by atoms with E-state index >= 15 is 0 Å². The van der Waals surface area contributed by atoms with Crippen LogP contribution >= 0.6 is 0 Å². The molecule has 0 saturated carbocycles. The number of aryl methyl sites for hydroxylation is 1. The summed E-state index contributed by atoms with van der Waals surface area (Å²) in [5.41, 5.74) is 10.4. The van der Waals surface area contributed by atoms with Crippen LogP contribution in [0.5, 0.6) is 0 Å². The molecule has 3 heteroatoms. The van der Waals surface area contributed by atoms with Gasteiger partial charge in [-0.2, -0.15) is 0 Å². The van der Waals surface area contributed by atoms with Crippen molar-refractivity contribution < 1.29 is 0 Å². The number of hydrogen-bond donors (Lipinski definition) is 1. The summed E-state index contributed by atoms with van der Waals surface area (Å²) < 4.78 is 0. The SMILES string of the molecule is Cc1cccc2nc(-c3ccc(C(C)C)cc3)nc(N)c12. The minimum atomic E-state index is 0.518. The fourth-order valence-corrected chi connectivity index (χ4v) is 2.53. The molecule has 0 aliphatic carbocycles. The van der Waals surface area contributed by atoms with Crippen molar-refractivity contribution in [1.82, 2.24) is 9.97 Å². The second kappa shape index (κ2) is 5.17. The van der Waals surface area contributed by atoms with Gasteiger partial charge in [0.2, 0.25) is 0 Å². The average molecular weight is 277 g/mol. The van der Waals surface area contributed by atoms with Gasteiger partial charge in [-0.25, -0.2) is 9.97 Å². The number of fused-ring (bicyclic) bond motifs is 1. The van der Waals surface area contributed by atoms with E-state index < -0.39 is 0 Å². The third-order valence-electron chi connectivity index (χ3n) is 3.80. The third kappa shape index (κ3) is 2.47. The maximum Gasteiger partial charge on any atom is 0.162 e. The standard InChI is InChI=1S/C18H19N3/c1-11(2)13-7-9-14(10-8-13)18-20-15-6-4-5-12(3)16(15)17(19)21-18/h4-11H,1-3H3,(H2,19,20,21). The number of nitrogens with zero attached hydrogens (tertiary/aromatic N) is 2. The summed E-state index contributed by atoms with van der Waals surface area (Å²) in [5.74, 6) is 1.74. The van der Waals surface area contributed by atoms with Crippen LogP contribution in [0, 0.1) is 6.92 Å². The molecule has 0 radical (unpaired) electrons. The first kappa shape index (κ1) is 13.6. The number of benzene rings is 2. The molecule has 0 aliphatic rings. The summed E-state index contributed by atoms with van der Waals surface area (Å²) in [6.45, 7) is 6.39. The van der Waals surface area contributed by atoms with Gasteiger partial charge in [0.25, 0.3) is 0 Å². The molecule has 21 heavy (non-hydrogen) atoms. The van der Waals surface area contributed by atoms with E-state index in [1.165, 1.54) is 5.56 Å². The molecule has 2 N–H and O–H groups in total. The number of hydrogen-bond acceptors (Lipinski definition) is 3. The van der Waals surface area contributed by atoms with E-state index in [1.807, 2.05) is 25.1 Å². The summed E-state index contributed by atoms with van der Waals surface area (Å²) in [4.78, 5) is 9.12. The van der Waals surface area contributed by atoms with Crippen molar-refractivity contribution in [3.05, 3.63) is 53.6 Å². The van der Waals surface area contributed by atoms with Crippen LogP contribution in [0.2, 0.25) is 0 Å².